The molecule has 0 saturated heterocycles. The van der Waals surface area contributed by atoms with Crippen molar-refractivity contribution in [2.75, 3.05) is 0 Å². The molecule has 0 atom stereocenters. The van der Waals surface area contributed by atoms with Crippen molar-refractivity contribution >= 4 is 0 Å². The van der Waals surface area contributed by atoms with Crippen molar-refractivity contribution in [3.8, 4) is 11.6 Å². The number of furan rings is 1. The van der Waals surface area contributed by atoms with E-state index in [-0.39, 0.29) is 5.54 Å². The average molecular weight is 221 g/mol. The summed E-state index contributed by atoms with van der Waals surface area (Å²) >= 11 is 0. The number of hydrogen-bond donors (Lipinski definition) is 1. The Balaban J connectivity index is 2.03. The Bertz CT molecular complexity index is 440. The lowest BCUT2D eigenvalue weighted by Gasteiger charge is -2.16. The molecule has 16 heavy (non-hydrogen) atoms. The summed E-state index contributed by atoms with van der Waals surface area (Å²) in [5.74, 6) is 1.68. The molecule has 0 fully saturated rings. The van der Waals surface area contributed by atoms with Crippen LogP contribution in [0.3, 0.4) is 0 Å². The van der Waals surface area contributed by atoms with Crippen LogP contribution >= 0.6 is 0 Å². The molecule has 0 radical (unpaired) electrons. The molecule has 0 aliphatic carbocycles. The van der Waals surface area contributed by atoms with Crippen molar-refractivity contribution in [3.63, 3.8) is 0 Å². The van der Waals surface area contributed by atoms with Crippen LogP contribution in [0.5, 0.6) is 0 Å². The van der Waals surface area contributed by atoms with E-state index >= 15 is 0 Å². The van der Waals surface area contributed by atoms with Gasteiger partial charge >= 0.3 is 0 Å². The molecule has 5 nitrogen and oxygen atoms in total. The normalized spacial score (nSPS) is 11.9. The lowest BCUT2D eigenvalue weighted by atomic mass is 10.0. The van der Waals surface area contributed by atoms with Gasteiger partial charge in [-0.05, 0) is 32.4 Å². The molecule has 2 N–H and O–H groups in total. The van der Waals surface area contributed by atoms with Crippen LogP contribution in [0.25, 0.3) is 11.6 Å². The standard InChI is InChI=1S/C11H15N3O2/c1-11(2,12)6-5-9-13-10(14-16-9)8-4-3-7-15-8/h3-4,7H,5-6,12H2,1-2H3. The lowest BCUT2D eigenvalue weighted by molar-refractivity contribution is 0.357. The molecular weight excluding hydrogens is 206 g/mol. The Hall–Kier alpha value is -1.62. The van der Waals surface area contributed by atoms with Crippen LogP contribution in [0.15, 0.2) is 27.3 Å². The molecule has 0 aromatic carbocycles. The highest BCUT2D eigenvalue weighted by Crippen LogP contribution is 2.17. The summed E-state index contributed by atoms with van der Waals surface area (Å²) < 4.78 is 10.3. The maximum atomic E-state index is 5.88. The van der Waals surface area contributed by atoms with Gasteiger partial charge in [0.05, 0.1) is 6.26 Å². The quantitative estimate of drug-likeness (QED) is 0.854. The third kappa shape index (κ3) is 2.70. The van der Waals surface area contributed by atoms with Gasteiger partial charge in [-0.1, -0.05) is 5.16 Å². The first kappa shape index (κ1) is 10.9. The van der Waals surface area contributed by atoms with Crippen molar-refractivity contribution in [3.05, 3.63) is 24.3 Å². The minimum absolute atomic E-state index is 0.223. The van der Waals surface area contributed by atoms with Crippen LogP contribution in [0.4, 0.5) is 0 Å². The Morgan fingerprint density at radius 3 is 2.88 bits per heavy atom. The fourth-order valence-corrected chi connectivity index (χ4v) is 1.29. The fourth-order valence-electron chi connectivity index (χ4n) is 1.29. The van der Waals surface area contributed by atoms with Gasteiger partial charge in [0.1, 0.15) is 0 Å². The van der Waals surface area contributed by atoms with Crippen molar-refractivity contribution in [1.29, 1.82) is 0 Å². The van der Waals surface area contributed by atoms with E-state index in [9.17, 15) is 0 Å². The van der Waals surface area contributed by atoms with Gasteiger partial charge in [0, 0.05) is 12.0 Å². The fraction of sp³-hybridized carbons (Fsp3) is 0.455. The number of aromatic nitrogens is 2. The molecule has 2 aromatic rings. The summed E-state index contributed by atoms with van der Waals surface area (Å²) in [5, 5.41) is 3.84. The first-order valence-electron chi connectivity index (χ1n) is 5.20. The molecule has 86 valence electrons. The Morgan fingerprint density at radius 1 is 1.44 bits per heavy atom. The second-order valence-corrected chi connectivity index (χ2v) is 4.48. The molecule has 5 heteroatoms. The first-order chi connectivity index (χ1) is 7.54. The first-order valence-corrected chi connectivity index (χ1v) is 5.20. The molecule has 0 spiro atoms. The van der Waals surface area contributed by atoms with Crippen molar-refractivity contribution < 1.29 is 8.94 Å². The molecule has 0 unspecified atom stereocenters. The highest BCUT2D eigenvalue weighted by molar-refractivity contribution is 5.44. The van der Waals surface area contributed by atoms with E-state index in [4.69, 9.17) is 14.7 Å². The third-order valence-corrected chi connectivity index (χ3v) is 2.19. The topological polar surface area (TPSA) is 78.1 Å². The zero-order chi connectivity index (χ0) is 11.6. The smallest absolute Gasteiger partial charge is 0.238 e. The third-order valence-electron chi connectivity index (χ3n) is 2.19. The van der Waals surface area contributed by atoms with Gasteiger partial charge in [0.2, 0.25) is 11.7 Å². The van der Waals surface area contributed by atoms with Gasteiger partial charge in [-0.3, -0.25) is 0 Å². The number of hydrogen-bond acceptors (Lipinski definition) is 5. The van der Waals surface area contributed by atoms with E-state index in [1.54, 1.807) is 18.4 Å². The van der Waals surface area contributed by atoms with Crippen LogP contribution in [-0.4, -0.2) is 15.7 Å². The van der Waals surface area contributed by atoms with Gasteiger partial charge < -0.3 is 14.7 Å². The van der Waals surface area contributed by atoms with E-state index in [0.717, 1.165) is 6.42 Å². The Morgan fingerprint density at radius 2 is 2.25 bits per heavy atom. The van der Waals surface area contributed by atoms with Gasteiger partial charge in [0.15, 0.2) is 5.76 Å². The molecule has 0 aliphatic heterocycles. The van der Waals surface area contributed by atoms with E-state index in [1.165, 1.54) is 0 Å². The number of nitrogens with zero attached hydrogens (tertiary/aromatic N) is 2. The minimum Gasteiger partial charge on any atom is -0.461 e. The Kier molecular flexibility index (Phi) is 2.78. The molecular formula is C11H15N3O2. The second-order valence-electron chi connectivity index (χ2n) is 4.48. The van der Waals surface area contributed by atoms with Gasteiger partial charge in [-0.2, -0.15) is 4.98 Å². The average Bonchev–Trinajstić information content (AvgIpc) is 2.84. The predicted molar refractivity (Wildman–Crippen MR) is 58.6 cm³/mol. The van der Waals surface area contributed by atoms with Crippen LogP contribution < -0.4 is 5.73 Å². The summed E-state index contributed by atoms with van der Waals surface area (Å²) in [7, 11) is 0. The summed E-state index contributed by atoms with van der Waals surface area (Å²) in [4.78, 5) is 4.23. The van der Waals surface area contributed by atoms with Crippen LogP contribution in [-0.2, 0) is 6.42 Å². The summed E-state index contributed by atoms with van der Waals surface area (Å²) in [6.45, 7) is 3.94. The van der Waals surface area contributed by atoms with E-state index in [2.05, 4.69) is 10.1 Å². The summed E-state index contributed by atoms with van der Waals surface area (Å²) in [6.07, 6.45) is 3.05. The summed E-state index contributed by atoms with van der Waals surface area (Å²) in [5.41, 5.74) is 5.65. The largest absolute Gasteiger partial charge is 0.461 e. The molecule has 0 bridgehead atoms. The minimum atomic E-state index is -0.223. The van der Waals surface area contributed by atoms with Crippen molar-refractivity contribution in [1.82, 2.24) is 10.1 Å². The number of nitrogens with two attached hydrogens (primary N) is 1. The molecule has 0 aliphatic rings. The highest BCUT2D eigenvalue weighted by atomic mass is 16.5. The van der Waals surface area contributed by atoms with E-state index < -0.39 is 0 Å². The van der Waals surface area contributed by atoms with Crippen LogP contribution in [0.1, 0.15) is 26.2 Å². The van der Waals surface area contributed by atoms with Gasteiger partial charge in [0.25, 0.3) is 0 Å². The Labute approximate surface area is 93.6 Å². The maximum Gasteiger partial charge on any atom is 0.238 e. The molecule has 2 heterocycles. The van der Waals surface area contributed by atoms with Crippen LogP contribution in [0, 0.1) is 0 Å². The van der Waals surface area contributed by atoms with Crippen LogP contribution in [0.2, 0.25) is 0 Å². The molecule has 2 rings (SSSR count). The van der Waals surface area contributed by atoms with Crippen molar-refractivity contribution in [2.45, 2.75) is 32.2 Å². The molecule has 0 amide bonds. The SMILES string of the molecule is CC(C)(N)CCc1nc(-c2ccco2)no1. The van der Waals surface area contributed by atoms with Gasteiger partial charge in [-0.25, -0.2) is 0 Å². The number of aryl methyl sites for hydroxylation is 1. The molecule has 0 saturated carbocycles. The highest BCUT2D eigenvalue weighted by Gasteiger charge is 2.15. The predicted octanol–water partition coefficient (Wildman–Crippen LogP) is 2.00. The number of rotatable bonds is 4. The van der Waals surface area contributed by atoms with E-state index in [1.807, 2.05) is 13.8 Å². The van der Waals surface area contributed by atoms with Gasteiger partial charge in [-0.15, -0.1) is 0 Å². The zero-order valence-corrected chi connectivity index (χ0v) is 9.43. The summed E-state index contributed by atoms with van der Waals surface area (Å²) in [6, 6.07) is 3.58. The maximum absolute atomic E-state index is 5.88. The second kappa shape index (κ2) is 4.09. The van der Waals surface area contributed by atoms with Crippen molar-refractivity contribution in [2.24, 2.45) is 5.73 Å². The molecule has 2 aromatic heterocycles. The lowest BCUT2D eigenvalue weighted by Crippen LogP contribution is -2.32. The monoisotopic (exact) mass is 221 g/mol. The van der Waals surface area contributed by atoms with E-state index in [0.29, 0.717) is 23.9 Å². The zero-order valence-electron chi connectivity index (χ0n) is 9.43.